The molecule has 1 aromatic heterocycles. The molecule has 25 heavy (non-hydrogen) atoms. The Labute approximate surface area is 146 Å². The molecule has 0 saturated carbocycles. The van der Waals surface area contributed by atoms with Crippen molar-refractivity contribution in [3.05, 3.63) is 78.0 Å². The van der Waals surface area contributed by atoms with Gasteiger partial charge in [0.1, 0.15) is 7.05 Å². The number of fused-ring (bicyclic) bond motifs is 3. The van der Waals surface area contributed by atoms with Crippen LogP contribution in [0.2, 0.25) is 0 Å². The molecule has 3 aromatic carbocycles. The van der Waals surface area contributed by atoms with Gasteiger partial charge >= 0.3 is 0 Å². The van der Waals surface area contributed by atoms with E-state index in [-0.39, 0.29) is 0 Å². The van der Waals surface area contributed by atoms with E-state index in [9.17, 15) is 0 Å². The van der Waals surface area contributed by atoms with Crippen LogP contribution >= 0.6 is 0 Å². The highest BCUT2D eigenvalue weighted by molar-refractivity contribution is 6.08. The quantitative estimate of drug-likeness (QED) is 0.330. The minimum absolute atomic E-state index is 0.760. The van der Waals surface area contributed by atoms with Crippen LogP contribution in [-0.2, 0) is 7.05 Å². The van der Waals surface area contributed by atoms with E-state index in [0.717, 1.165) is 33.5 Å². The number of anilines is 2. The molecule has 0 aliphatic heterocycles. The van der Waals surface area contributed by atoms with Crippen molar-refractivity contribution in [2.24, 2.45) is 7.05 Å². The van der Waals surface area contributed by atoms with Gasteiger partial charge in [0.2, 0.25) is 11.2 Å². The SMILES string of the molecule is C[n+]1c(/C=C/c2ccccc2)c2cc(N)ccc2c2ccc(N)cc21. The van der Waals surface area contributed by atoms with Gasteiger partial charge in [0.05, 0.1) is 10.8 Å². The summed E-state index contributed by atoms with van der Waals surface area (Å²) in [5, 5.41) is 3.48. The third kappa shape index (κ3) is 2.70. The number of nitrogens with two attached hydrogens (primary N) is 2. The number of nitrogen functional groups attached to an aromatic ring is 2. The molecular formula is C22H20N3+. The predicted octanol–water partition coefficient (Wildman–Crippen LogP) is 4.15. The fourth-order valence-corrected chi connectivity index (χ4v) is 3.31. The lowest BCUT2D eigenvalue weighted by molar-refractivity contribution is -0.645. The van der Waals surface area contributed by atoms with Crippen molar-refractivity contribution in [2.45, 2.75) is 0 Å². The number of pyridine rings is 1. The van der Waals surface area contributed by atoms with Gasteiger partial charge in [-0.05, 0) is 35.9 Å². The van der Waals surface area contributed by atoms with E-state index in [2.05, 4.69) is 48.0 Å². The molecule has 3 nitrogen and oxygen atoms in total. The molecule has 0 fully saturated rings. The van der Waals surface area contributed by atoms with Gasteiger partial charge in [0.15, 0.2) is 0 Å². The van der Waals surface area contributed by atoms with Crippen LogP contribution in [0.5, 0.6) is 0 Å². The number of nitrogens with zero attached hydrogens (tertiary/aromatic N) is 1. The number of aryl methyl sites for hydroxylation is 1. The lowest BCUT2D eigenvalue weighted by atomic mass is 10.0. The average Bonchev–Trinajstić information content (AvgIpc) is 2.62. The molecule has 1 heterocycles. The smallest absolute Gasteiger partial charge is 0.215 e. The zero-order valence-electron chi connectivity index (χ0n) is 14.1. The minimum Gasteiger partial charge on any atom is -0.399 e. The van der Waals surface area contributed by atoms with Crippen LogP contribution in [0.25, 0.3) is 33.8 Å². The van der Waals surface area contributed by atoms with Crippen molar-refractivity contribution in [3.63, 3.8) is 0 Å². The molecule has 3 heteroatoms. The predicted molar refractivity (Wildman–Crippen MR) is 107 cm³/mol. The summed E-state index contributed by atoms with van der Waals surface area (Å²) in [6.07, 6.45) is 4.26. The van der Waals surface area contributed by atoms with Crippen LogP contribution in [0.4, 0.5) is 11.4 Å². The molecule has 0 saturated heterocycles. The van der Waals surface area contributed by atoms with Gasteiger partial charge in [-0.2, -0.15) is 4.57 Å². The summed E-state index contributed by atoms with van der Waals surface area (Å²) in [4.78, 5) is 0. The maximum Gasteiger partial charge on any atom is 0.215 e. The second kappa shape index (κ2) is 5.95. The summed E-state index contributed by atoms with van der Waals surface area (Å²) in [5.41, 5.74) is 17.0. The van der Waals surface area contributed by atoms with Gasteiger partial charge in [0.25, 0.3) is 0 Å². The Hall–Kier alpha value is -3.33. The fraction of sp³-hybridized carbons (Fsp3) is 0.0455. The van der Waals surface area contributed by atoms with E-state index in [1.165, 1.54) is 10.8 Å². The van der Waals surface area contributed by atoms with Crippen molar-refractivity contribution >= 4 is 45.2 Å². The van der Waals surface area contributed by atoms with Crippen molar-refractivity contribution in [2.75, 3.05) is 11.5 Å². The highest BCUT2D eigenvalue weighted by atomic mass is 14.9. The number of aromatic nitrogens is 1. The highest BCUT2D eigenvalue weighted by Gasteiger charge is 2.17. The van der Waals surface area contributed by atoms with Gasteiger partial charge in [-0.1, -0.05) is 36.4 Å². The monoisotopic (exact) mass is 326 g/mol. The fourth-order valence-electron chi connectivity index (χ4n) is 3.31. The molecular weight excluding hydrogens is 306 g/mol. The van der Waals surface area contributed by atoms with Crippen molar-refractivity contribution in [1.82, 2.24) is 0 Å². The molecule has 122 valence electrons. The molecule has 0 aliphatic rings. The third-order valence-electron chi connectivity index (χ3n) is 4.59. The Morgan fingerprint density at radius 2 is 1.40 bits per heavy atom. The normalized spacial score (nSPS) is 11.6. The van der Waals surface area contributed by atoms with Gasteiger partial charge in [0, 0.05) is 28.9 Å². The number of rotatable bonds is 2. The molecule has 0 aliphatic carbocycles. The first-order valence-corrected chi connectivity index (χ1v) is 8.27. The Morgan fingerprint density at radius 1 is 0.720 bits per heavy atom. The van der Waals surface area contributed by atoms with Crippen LogP contribution in [0.1, 0.15) is 11.3 Å². The molecule has 4 rings (SSSR count). The molecule has 0 spiro atoms. The van der Waals surface area contributed by atoms with Crippen molar-refractivity contribution in [1.29, 1.82) is 0 Å². The Balaban J connectivity index is 2.05. The number of hydrogen-bond acceptors (Lipinski definition) is 2. The van der Waals surface area contributed by atoms with E-state index >= 15 is 0 Å². The highest BCUT2D eigenvalue weighted by Crippen LogP contribution is 2.29. The van der Waals surface area contributed by atoms with Gasteiger partial charge in [-0.3, -0.25) is 0 Å². The third-order valence-corrected chi connectivity index (χ3v) is 4.59. The summed E-state index contributed by atoms with van der Waals surface area (Å²) in [7, 11) is 2.06. The molecule has 0 bridgehead atoms. The summed E-state index contributed by atoms with van der Waals surface area (Å²) >= 11 is 0. The standard InChI is InChI=1S/C22H19N3/c1-25-21(12-7-15-5-3-2-4-6-15)20-13-16(23)8-10-18(20)19-11-9-17(24)14-22(19)25/h2-14,24H,23H2,1H3/p+1/b12-7+. The number of benzene rings is 3. The molecule has 4 N–H and O–H groups in total. The van der Waals surface area contributed by atoms with Gasteiger partial charge in [-0.25, -0.2) is 0 Å². The zero-order chi connectivity index (χ0) is 17.4. The van der Waals surface area contributed by atoms with E-state index in [0.29, 0.717) is 0 Å². The topological polar surface area (TPSA) is 55.9 Å². The Bertz CT molecular complexity index is 1110. The second-order valence-electron chi connectivity index (χ2n) is 6.27. The van der Waals surface area contributed by atoms with E-state index in [1.807, 2.05) is 42.5 Å². The Morgan fingerprint density at radius 3 is 2.16 bits per heavy atom. The van der Waals surface area contributed by atoms with Crippen molar-refractivity contribution < 1.29 is 4.57 Å². The van der Waals surface area contributed by atoms with Gasteiger partial charge in [-0.15, -0.1) is 0 Å². The van der Waals surface area contributed by atoms with Crippen LogP contribution in [-0.4, -0.2) is 0 Å². The largest absolute Gasteiger partial charge is 0.399 e. The van der Waals surface area contributed by atoms with Crippen molar-refractivity contribution in [3.8, 4) is 0 Å². The molecule has 4 aromatic rings. The summed E-state index contributed by atoms with van der Waals surface area (Å²) in [5.74, 6) is 0. The van der Waals surface area contributed by atoms with E-state index in [4.69, 9.17) is 11.5 Å². The molecule has 0 amide bonds. The lowest BCUT2D eigenvalue weighted by Crippen LogP contribution is -2.33. The van der Waals surface area contributed by atoms with Gasteiger partial charge < -0.3 is 11.5 Å². The molecule has 0 atom stereocenters. The maximum atomic E-state index is 6.06. The first-order chi connectivity index (χ1) is 12.1. The molecule has 0 radical (unpaired) electrons. The Kier molecular flexibility index (Phi) is 3.62. The maximum absolute atomic E-state index is 6.06. The average molecular weight is 326 g/mol. The summed E-state index contributed by atoms with van der Waals surface area (Å²) in [6.45, 7) is 0. The number of hydrogen-bond donors (Lipinski definition) is 2. The van der Waals surface area contributed by atoms with E-state index in [1.54, 1.807) is 0 Å². The van der Waals surface area contributed by atoms with Crippen LogP contribution < -0.4 is 16.0 Å². The minimum atomic E-state index is 0.760. The first kappa shape index (κ1) is 15.2. The van der Waals surface area contributed by atoms with Crippen LogP contribution in [0, 0.1) is 0 Å². The first-order valence-electron chi connectivity index (χ1n) is 8.27. The second-order valence-corrected chi connectivity index (χ2v) is 6.27. The summed E-state index contributed by atoms with van der Waals surface area (Å²) < 4.78 is 2.17. The lowest BCUT2D eigenvalue weighted by Gasteiger charge is -2.08. The zero-order valence-corrected chi connectivity index (χ0v) is 14.1. The van der Waals surface area contributed by atoms with E-state index < -0.39 is 0 Å². The summed E-state index contributed by atoms with van der Waals surface area (Å²) in [6, 6.07) is 22.4. The van der Waals surface area contributed by atoms with Crippen LogP contribution in [0.3, 0.4) is 0 Å². The van der Waals surface area contributed by atoms with Crippen LogP contribution in [0.15, 0.2) is 66.7 Å². The molecule has 0 unspecified atom stereocenters.